The van der Waals surface area contributed by atoms with Gasteiger partial charge in [-0.05, 0) is 58.3 Å². The van der Waals surface area contributed by atoms with Crippen molar-refractivity contribution in [1.29, 1.82) is 0 Å². The number of likely N-dealkylation sites (tertiary alicyclic amines) is 1. The second-order valence-corrected chi connectivity index (χ2v) is 6.99. The van der Waals surface area contributed by atoms with Crippen LogP contribution in [0.25, 0.3) is 0 Å². The molecule has 0 bridgehead atoms. The summed E-state index contributed by atoms with van der Waals surface area (Å²) in [7, 11) is 1.63. The molecule has 7 nitrogen and oxygen atoms in total. The SMILES string of the molecule is CC(=O)Nc1cc([C@@H](C)N2CCCCC2)[nH]n1.COc1cc(C)cc(C)n1. The van der Waals surface area contributed by atoms with Gasteiger partial charge in [0.15, 0.2) is 5.82 Å². The maximum Gasteiger partial charge on any atom is 0.222 e. The first-order valence-electron chi connectivity index (χ1n) is 9.45. The van der Waals surface area contributed by atoms with Crippen LogP contribution in [-0.4, -0.2) is 46.2 Å². The fraction of sp³-hybridized carbons (Fsp3) is 0.550. The molecule has 7 heteroatoms. The number of H-pyrrole nitrogens is 1. The lowest BCUT2D eigenvalue weighted by atomic mass is 10.1. The predicted molar refractivity (Wildman–Crippen MR) is 107 cm³/mol. The van der Waals surface area contributed by atoms with Crippen molar-refractivity contribution in [3.63, 3.8) is 0 Å². The zero-order valence-corrected chi connectivity index (χ0v) is 17.0. The standard InChI is InChI=1S/C12H20N4O.C8H11NO/c1-9(16-6-4-3-5-7-16)11-8-12(15-14-11)13-10(2)17;1-6-4-7(2)9-8(5-6)10-3/h8-9H,3-7H2,1-2H3,(H2,13,14,15,17);4-5H,1-3H3/t9-;/m1./s1. The molecule has 2 N–H and O–H groups in total. The Kier molecular flexibility index (Phi) is 7.79. The van der Waals surface area contributed by atoms with Crippen molar-refractivity contribution >= 4 is 11.7 Å². The van der Waals surface area contributed by atoms with Crippen molar-refractivity contribution in [2.75, 3.05) is 25.5 Å². The normalized spacial score (nSPS) is 15.4. The van der Waals surface area contributed by atoms with E-state index in [1.807, 2.05) is 32.0 Å². The molecule has 0 aliphatic carbocycles. The Morgan fingerprint density at radius 3 is 2.52 bits per heavy atom. The third-order valence-corrected chi connectivity index (χ3v) is 4.57. The quantitative estimate of drug-likeness (QED) is 0.855. The predicted octanol–water partition coefficient (Wildman–Crippen LogP) is 3.62. The number of nitrogens with zero attached hydrogens (tertiary/aromatic N) is 3. The molecule has 1 aliphatic rings. The molecule has 27 heavy (non-hydrogen) atoms. The number of piperidine rings is 1. The first kappa shape index (κ1) is 20.9. The van der Waals surface area contributed by atoms with Crippen LogP contribution in [0.5, 0.6) is 5.88 Å². The van der Waals surface area contributed by atoms with Crippen LogP contribution in [0.4, 0.5) is 5.82 Å². The zero-order valence-electron chi connectivity index (χ0n) is 17.0. The number of hydrogen-bond donors (Lipinski definition) is 2. The Labute approximate surface area is 161 Å². The van der Waals surface area contributed by atoms with E-state index in [0.717, 1.165) is 24.5 Å². The van der Waals surface area contributed by atoms with E-state index in [-0.39, 0.29) is 5.91 Å². The molecule has 0 radical (unpaired) electrons. The highest BCUT2D eigenvalue weighted by Crippen LogP contribution is 2.23. The molecule has 2 aromatic rings. The number of rotatable bonds is 4. The van der Waals surface area contributed by atoms with Crippen molar-refractivity contribution in [1.82, 2.24) is 20.1 Å². The first-order chi connectivity index (χ1) is 12.9. The number of ether oxygens (including phenoxy) is 1. The molecule has 1 amide bonds. The minimum Gasteiger partial charge on any atom is -0.481 e. The summed E-state index contributed by atoms with van der Waals surface area (Å²) < 4.78 is 4.96. The van der Waals surface area contributed by atoms with Crippen molar-refractivity contribution < 1.29 is 9.53 Å². The van der Waals surface area contributed by atoms with Crippen LogP contribution < -0.4 is 10.1 Å². The summed E-state index contributed by atoms with van der Waals surface area (Å²) in [6, 6.07) is 6.18. The minimum absolute atomic E-state index is 0.0892. The van der Waals surface area contributed by atoms with Gasteiger partial charge >= 0.3 is 0 Å². The topological polar surface area (TPSA) is 83.1 Å². The van der Waals surface area contributed by atoms with Gasteiger partial charge in [-0.25, -0.2) is 4.98 Å². The van der Waals surface area contributed by atoms with Gasteiger partial charge in [-0.3, -0.25) is 14.8 Å². The molecule has 0 unspecified atom stereocenters. The highest BCUT2D eigenvalue weighted by Gasteiger charge is 2.19. The monoisotopic (exact) mass is 373 g/mol. The Balaban J connectivity index is 0.000000223. The van der Waals surface area contributed by atoms with Crippen LogP contribution in [0.1, 0.15) is 56.1 Å². The number of carbonyl (C=O) groups excluding carboxylic acids is 1. The van der Waals surface area contributed by atoms with Gasteiger partial charge < -0.3 is 10.1 Å². The smallest absolute Gasteiger partial charge is 0.222 e. The molecule has 1 saturated heterocycles. The summed E-state index contributed by atoms with van der Waals surface area (Å²) >= 11 is 0. The van der Waals surface area contributed by atoms with Gasteiger partial charge in [-0.15, -0.1) is 0 Å². The highest BCUT2D eigenvalue weighted by molar-refractivity contribution is 5.87. The largest absolute Gasteiger partial charge is 0.481 e. The maximum atomic E-state index is 10.9. The molecular weight excluding hydrogens is 342 g/mol. The number of aromatic nitrogens is 3. The summed E-state index contributed by atoms with van der Waals surface area (Å²) in [5, 5.41) is 9.77. The summed E-state index contributed by atoms with van der Waals surface area (Å²) in [6.45, 7) is 9.94. The van der Waals surface area contributed by atoms with Crippen LogP contribution in [0.2, 0.25) is 0 Å². The third kappa shape index (κ3) is 6.67. The first-order valence-corrected chi connectivity index (χ1v) is 9.45. The van der Waals surface area contributed by atoms with Gasteiger partial charge in [0.2, 0.25) is 11.8 Å². The Hall–Kier alpha value is -2.41. The molecule has 0 aromatic carbocycles. The highest BCUT2D eigenvalue weighted by atomic mass is 16.5. The molecule has 2 aromatic heterocycles. The maximum absolute atomic E-state index is 10.9. The van der Waals surface area contributed by atoms with E-state index >= 15 is 0 Å². The van der Waals surface area contributed by atoms with Gasteiger partial charge in [0.1, 0.15) is 0 Å². The number of aryl methyl sites for hydroxylation is 2. The van der Waals surface area contributed by atoms with E-state index in [9.17, 15) is 4.79 Å². The molecular formula is C20H31N5O2. The number of carbonyl (C=O) groups is 1. The zero-order chi connectivity index (χ0) is 19.8. The number of aromatic amines is 1. The van der Waals surface area contributed by atoms with Gasteiger partial charge in [0, 0.05) is 30.8 Å². The van der Waals surface area contributed by atoms with Crippen LogP contribution in [-0.2, 0) is 4.79 Å². The molecule has 1 aliphatic heterocycles. The number of hydrogen-bond acceptors (Lipinski definition) is 5. The molecule has 1 fully saturated rings. The van der Waals surface area contributed by atoms with Gasteiger partial charge in [-0.1, -0.05) is 6.42 Å². The van der Waals surface area contributed by atoms with Gasteiger partial charge in [0.25, 0.3) is 0 Å². The number of nitrogens with one attached hydrogen (secondary N) is 2. The molecule has 3 heterocycles. The fourth-order valence-corrected chi connectivity index (χ4v) is 3.21. The molecule has 1 atom stereocenters. The van der Waals surface area contributed by atoms with Gasteiger partial charge in [-0.2, -0.15) is 5.10 Å². The average molecular weight is 374 g/mol. The van der Waals surface area contributed by atoms with Gasteiger partial charge in [0.05, 0.1) is 12.8 Å². The molecule has 0 saturated carbocycles. The van der Waals surface area contributed by atoms with Crippen LogP contribution >= 0.6 is 0 Å². The van der Waals surface area contributed by atoms with E-state index in [1.54, 1.807) is 7.11 Å². The fourth-order valence-electron chi connectivity index (χ4n) is 3.21. The van der Waals surface area contributed by atoms with Crippen LogP contribution in [0.3, 0.4) is 0 Å². The number of anilines is 1. The Morgan fingerprint density at radius 2 is 1.93 bits per heavy atom. The van der Waals surface area contributed by atoms with Crippen LogP contribution in [0.15, 0.2) is 18.2 Å². The van der Waals surface area contributed by atoms with E-state index in [4.69, 9.17) is 4.74 Å². The third-order valence-electron chi connectivity index (χ3n) is 4.57. The van der Waals surface area contributed by atoms with E-state index in [1.165, 1.54) is 31.7 Å². The lowest BCUT2D eigenvalue weighted by Crippen LogP contribution is -2.32. The van der Waals surface area contributed by atoms with Crippen LogP contribution in [0, 0.1) is 13.8 Å². The van der Waals surface area contributed by atoms with Crippen molar-refractivity contribution in [2.45, 2.75) is 53.0 Å². The van der Waals surface area contributed by atoms with E-state index in [2.05, 4.69) is 32.3 Å². The van der Waals surface area contributed by atoms with E-state index < -0.39 is 0 Å². The van der Waals surface area contributed by atoms with Crippen molar-refractivity contribution in [3.8, 4) is 5.88 Å². The second-order valence-electron chi connectivity index (χ2n) is 6.99. The van der Waals surface area contributed by atoms with E-state index in [0.29, 0.717) is 17.7 Å². The second kappa shape index (κ2) is 10.1. The minimum atomic E-state index is -0.0892. The summed E-state index contributed by atoms with van der Waals surface area (Å²) in [5.74, 6) is 1.21. The lowest BCUT2D eigenvalue weighted by molar-refractivity contribution is -0.114. The molecule has 3 rings (SSSR count). The molecule has 148 valence electrons. The Bertz CT molecular complexity index is 717. The number of methoxy groups -OCH3 is 1. The Morgan fingerprint density at radius 1 is 1.22 bits per heavy atom. The number of amides is 1. The summed E-state index contributed by atoms with van der Waals surface area (Å²) in [5.41, 5.74) is 3.25. The summed E-state index contributed by atoms with van der Waals surface area (Å²) in [6.07, 6.45) is 3.89. The summed E-state index contributed by atoms with van der Waals surface area (Å²) in [4.78, 5) is 17.5. The van der Waals surface area contributed by atoms with Crippen molar-refractivity contribution in [2.24, 2.45) is 0 Å². The average Bonchev–Trinajstić information content (AvgIpc) is 3.09. The lowest BCUT2D eigenvalue weighted by Gasteiger charge is -2.31. The molecule has 0 spiro atoms. The number of pyridine rings is 1. The van der Waals surface area contributed by atoms with Crippen molar-refractivity contribution in [3.05, 3.63) is 35.2 Å².